The average molecular weight is 265 g/mol. The van der Waals surface area contributed by atoms with Crippen LogP contribution in [-0.2, 0) is 20.7 Å². The van der Waals surface area contributed by atoms with Gasteiger partial charge in [0, 0.05) is 13.6 Å². The predicted octanol–water partition coefficient (Wildman–Crippen LogP) is 1.26. The summed E-state index contributed by atoms with van der Waals surface area (Å²) in [5.41, 5.74) is 1.08. The first-order valence-corrected chi connectivity index (χ1v) is 6.13. The molecule has 1 amide bonds. The summed E-state index contributed by atoms with van der Waals surface area (Å²) in [4.78, 5) is 23.9. The normalized spacial score (nSPS) is 9.84. The average Bonchev–Trinajstić information content (AvgIpc) is 2.44. The van der Waals surface area contributed by atoms with Gasteiger partial charge >= 0.3 is 11.9 Å². The van der Waals surface area contributed by atoms with Gasteiger partial charge in [-0.3, -0.25) is 4.79 Å². The molecule has 1 aromatic carbocycles. The third kappa shape index (κ3) is 4.62. The van der Waals surface area contributed by atoms with E-state index in [1.165, 1.54) is 12.0 Å². The second-order valence-electron chi connectivity index (χ2n) is 4.05. The number of hydrogen-bond acceptors (Lipinski definition) is 4. The number of hydrogen-bond donors (Lipinski definition) is 0. The molecule has 0 saturated heterocycles. The molecule has 0 bridgehead atoms. The van der Waals surface area contributed by atoms with Crippen LogP contribution in [0.5, 0.6) is 5.75 Å². The van der Waals surface area contributed by atoms with Crippen LogP contribution in [-0.4, -0.2) is 44.1 Å². The van der Waals surface area contributed by atoms with Crippen molar-refractivity contribution in [2.75, 3.05) is 27.3 Å². The molecule has 1 aromatic rings. The van der Waals surface area contributed by atoms with Gasteiger partial charge in [0.15, 0.2) is 0 Å². The van der Waals surface area contributed by atoms with Crippen LogP contribution in [0.1, 0.15) is 12.5 Å². The number of carbonyl (C=O) groups excluding carboxylic acids is 2. The Hall–Kier alpha value is -2.04. The molecule has 0 heterocycles. The molecule has 5 heteroatoms. The van der Waals surface area contributed by atoms with Gasteiger partial charge in [0.1, 0.15) is 5.75 Å². The third-order valence-corrected chi connectivity index (χ3v) is 2.68. The van der Waals surface area contributed by atoms with Gasteiger partial charge in [-0.05, 0) is 31.0 Å². The van der Waals surface area contributed by atoms with E-state index in [9.17, 15) is 9.59 Å². The minimum absolute atomic E-state index is 0.460. The highest BCUT2D eigenvalue weighted by atomic mass is 16.5. The fourth-order valence-corrected chi connectivity index (χ4v) is 1.56. The molecule has 5 nitrogen and oxygen atoms in total. The summed E-state index contributed by atoms with van der Waals surface area (Å²) in [6.45, 7) is 3.03. The van der Waals surface area contributed by atoms with Crippen LogP contribution in [0.4, 0.5) is 0 Å². The molecule has 1 rings (SSSR count). The molecule has 0 unspecified atom stereocenters. The smallest absolute Gasteiger partial charge is 0.396 e. The van der Waals surface area contributed by atoms with E-state index >= 15 is 0 Å². The highest BCUT2D eigenvalue weighted by molar-refractivity contribution is 6.32. The topological polar surface area (TPSA) is 55.8 Å². The zero-order valence-electron chi connectivity index (χ0n) is 11.5. The van der Waals surface area contributed by atoms with Crippen molar-refractivity contribution in [2.45, 2.75) is 13.3 Å². The number of methoxy groups -OCH3 is 1. The molecule has 0 radical (unpaired) electrons. The molecule has 0 aliphatic carbocycles. The first-order chi connectivity index (χ1) is 9.08. The Labute approximate surface area is 113 Å². The van der Waals surface area contributed by atoms with Gasteiger partial charge in [-0.15, -0.1) is 0 Å². The van der Waals surface area contributed by atoms with Crippen LogP contribution in [0.15, 0.2) is 24.3 Å². The number of rotatable bonds is 5. The quantitative estimate of drug-likeness (QED) is 0.594. The second kappa shape index (κ2) is 7.41. The van der Waals surface area contributed by atoms with Gasteiger partial charge in [0.2, 0.25) is 0 Å². The number of nitrogens with zero attached hydrogens (tertiary/aromatic N) is 1. The standard InChI is InChI=1S/C14H19NO4/c1-4-19-12-7-5-11(6-8-12)9-10-15(2)13(16)14(17)18-3/h5-8H,4,9-10H2,1-3H3. The maximum atomic E-state index is 11.5. The maximum Gasteiger partial charge on any atom is 0.396 e. The van der Waals surface area contributed by atoms with Crippen LogP contribution in [0.2, 0.25) is 0 Å². The van der Waals surface area contributed by atoms with Crippen molar-refractivity contribution in [3.8, 4) is 5.75 Å². The minimum atomic E-state index is -0.839. The molecule has 0 atom stereocenters. The largest absolute Gasteiger partial charge is 0.494 e. The summed E-state index contributed by atoms with van der Waals surface area (Å²) >= 11 is 0. The Morgan fingerprint density at radius 1 is 1.21 bits per heavy atom. The molecule has 0 N–H and O–H groups in total. The number of esters is 1. The van der Waals surface area contributed by atoms with Crippen molar-refractivity contribution in [1.82, 2.24) is 4.90 Å². The van der Waals surface area contributed by atoms with E-state index in [0.29, 0.717) is 19.6 Å². The van der Waals surface area contributed by atoms with Gasteiger partial charge in [0.25, 0.3) is 0 Å². The lowest BCUT2D eigenvalue weighted by Crippen LogP contribution is -2.35. The van der Waals surface area contributed by atoms with E-state index < -0.39 is 11.9 Å². The summed E-state index contributed by atoms with van der Waals surface area (Å²) in [7, 11) is 2.77. The Bertz CT molecular complexity index is 428. The predicted molar refractivity (Wildman–Crippen MR) is 71.0 cm³/mol. The number of amides is 1. The van der Waals surface area contributed by atoms with Crippen molar-refractivity contribution in [1.29, 1.82) is 0 Å². The van der Waals surface area contributed by atoms with Crippen LogP contribution in [0, 0.1) is 0 Å². The number of ether oxygens (including phenoxy) is 2. The lowest BCUT2D eigenvalue weighted by molar-refractivity contribution is -0.157. The molecule has 0 fully saturated rings. The van der Waals surface area contributed by atoms with Crippen LogP contribution >= 0.6 is 0 Å². The highest BCUT2D eigenvalue weighted by Gasteiger charge is 2.18. The zero-order chi connectivity index (χ0) is 14.3. The Balaban J connectivity index is 2.48. The number of carbonyl (C=O) groups is 2. The van der Waals surface area contributed by atoms with Gasteiger partial charge in [-0.2, -0.15) is 0 Å². The van der Waals surface area contributed by atoms with Crippen LogP contribution in [0.3, 0.4) is 0 Å². The Morgan fingerprint density at radius 3 is 2.37 bits per heavy atom. The summed E-state index contributed by atoms with van der Waals surface area (Å²) in [6.07, 6.45) is 0.672. The molecular weight excluding hydrogens is 246 g/mol. The lowest BCUT2D eigenvalue weighted by Gasteiger charge is -2.15. The fraction of sp³-hybridized carbons (Fsp3) is 0.429. The van der Waals surface area contributed by atoms with E-state index in [4.69, 9.17) is 4.74 Å². The van der Waals surface area contributed by atoms with Gasteiger partial charge in [-0.25, -0.2) is 4.79 Å². The van der Waals surface area contributed by atoms with E-state index in [0.717, 1.165) is 11.3 Å². The lowest BCUT2D eigenvalue weighted by atomic mass is 10.1. The van der Waals surface area contributed by atoms with E-state index in [1.54, 1.807) is 7.05 Å². The highest BCUT2D eigenvalue weighted by Crippen LogP contribution is 2.12. The van der Waals surface area contributed by atoms with Gasteiger partial charge in [-0.1, -0.05) is 12.1 Å². The maximum absolute atomic E-state index is 11.5. The van der Waals surface area contributed by atoms with Crippen molar-refractivity contribution in [3.63, 3.8) is 0 Å². The Morgan fingerprint density at radius 2 is 1.84 bits per heavy atom. The summed E-state index contributed by atoms with van der Waals surface area (Å²) < 4.78 is 9.73. The fourth-order valence-electron chi connectivity index (χ4n) is 1.56. The molecular formula is C14H19NO4. The monoisotopic (exact) mass is 265 g/mol. The summed E-state index contributed by atoms with van der Waals surface area (Å²) in [5.74, 6) is -0.645. The second-order valence-corrected chi connectivity index (χ2v) is 4.05. The summed E-state index contributed by atoms with van der Waals surface area (Å²) in [6, 6.07) is 7.67. The minimum Gasteiger partial charge on any atom is -0.494 e. The van der Waals surface area contributed by atoms with Gasteiger partial charge in [0.05, 0.1) is 13.7 Å². The summed E-state index contributed by atoms with van der Waals surface area (Å²) in [5, 5.41) is 0. The van der Waals surface area contributed by atoms with Crippen LogP contribution in [0.25, 0.3) is 0 Å². The Kier molecular flexibility index (Phi) is 5.85. The molecule has 0 spiro atoms. The number of likely N-dealkylation sites (N-methyl/N-ethyl adjacent to an activating group) is 1. The van der Waals surface area contributed by atoms with Crippen LogP contribution < -0.4 is 4.74 Å². The van der Waals surface area contributed by atoms with Gasteiger partial charge < -0.3 is 14.4 Å². The molecule has 104 valence electrons. The molecule has 0 aliphatic rings. The molecule has 19 heavy (non-hydrogen) atoms. The van der Waals surface area contributed by atoms with Crippen molar-refractivity contribution >= 4 is 11.9 Å². The molecule has 0 aliphatic heterocycles. The zero-order valence-corrected chi connectivity index (χ0v) is 11.5. The van der Waals surface area contributed by atoms with Crippen molar-refractivity contribution < 1.29 is 19.1 Å². The van der Waals surface area contributed by atoms with Crippen molar-refractivity contribution in [2.24, 2.45) is 0 Å². The first kappa shape index (κ1) is 15.0. The van der Waals surface area contributed by atoms with E-state index in [-0.39, 0.29) is 0 Å². The molecule has 0 aromatic heterocycles. The first-order valence-electron chi connectivity index (χ1n) is 6.13. The third-order valence-electron chi connectivity index (χ3n) is 2.68. The SMILES string of the molecule is CCOc1ccc(CCN(C)C(=O)C(=O)OC)cc1. The molecule has 0 saturated carbocycles. The van der Waals surface area contributed by atoms with E-state index in [1.807, 2.05) is 31.2 Å². The van der Waals surface area contributed by atoms with E-state index in [2.05, 4.69) is 4.74 Å². The number of benzene rings is 1. The van der Waals surface area contributed by atoms with Crippen molar-refractivity contribution in [3.05, 3.63) is 29.8 Å².